The summed E-state index contributed by atoms with van der Waals surface area (Å²) in [5.74, 6) is 0.878. The molecule has 0 aromatic carbocycles. The number of carbonyl (C=O) groups excluding carboxylic acids is 1. The maximum atomic E-state index is 10.8. The van der Waals surface area contributed by atoms with E-state index >= 15 is 0 Å². The molecule has 1 aliphatic heterocycles. The van der Waals surface area contributed by atoms with Gasteiger partial charge in [-0.1, -0.05) is 0 Å². The van der Waals surface area contributed by atoms with Crippen LogP contribution < -0.4 is 0 Å². The van der Waals surface area contributed by atoms with Crippen molar-refractivity contribution in [3.8, 4) is 0 Å². The molecule has 0 aromatic heterocycles. The van der Waals surface area contributed by atoms with Crippen molar-refractivity contribution in [2.24, 2.45) is 4.99 Å². The lowest BCUT2D eigenvalue weighted by Crippen LogP contribution is -2.08. The molecule has 1 atom stereocenters. The maximum absolute atomic E-state index is 10.8. The first-order chi connectivity index (χ1) is 5.72. The molecular weight excluding hydrogens is 174 g/mol. The highest BCUT2D eigenvalue weighted by atomic mass is 32.2. The zero-order chi connectivity index (χ0) is 8.97. The Labute approximate surface area is 76.6 Å². The van der Waals surface area contributed by atoms with Crippen LogP contribution in [0.2, 0.25) is 0 Å². The number of aliphatic imine (C=N–C) groups is 1. The third-order valence-corrected chi connectivity index (χ3v) is 2.83. The Balaban J connectivity index is 2.20. The number of hydrogen-bond donors (Lipinski definition) is 0. The third kappa shape index (κ3) is 2.85. The topological polar surface area (TPSA) is 38.7 Å². The summed E-state index contributed by atoms with van der Waals surface area (Å²) in [6.45, 7) is 2.00. The van der Waals surface area contributed by atoms with Gasteiger partial charge >= 0.3 is 5.97 Å². The Morgan fingerprint density at radius 2 is 2.58 bits per heavy atom. The second-order valence-electron chi connectivity index (χ2n) is 2.73. The monoisotopic (exact) mass is 187 g/mol. The molecule has 0 fully saturated rings. The van der Waals surface area contributed by atoms with Crippen LogP contribution in [0.4, 0.5) is 0 Å². The molecule has 0 aromatic rings. The number of esters is 1. The maximum Gasteiger partial charge on any atom is 0.305 e. The summed E-state index contributed by atoms with van der Waals surface area (Å²) in [7, 11) is 1.42. The van der Waals surface area contributed by atoms with E-state index in [0.29, 0.717) is 12.5 Å². The van der Waals surface area contributed by atoms with E-state index in [9.17, 15) is 4.79 Å². The third-order valence-electron chi connectivity index (χ3n) is 1.76. The minimum atomic E-state index is -0.139. The largest absolute Gasteiger partial charge is 0.469 e. The summed E-state index contributed by atoms with van der Waals surface area (Å²) in [6.07, 6.45) is 1.30. The van der Waals surface area contributed by atoms with Gasteiger partial charge < -0.3 is 4.74 Å². The second-order valence-corrected chi connectivity index (χ2v) is 3.94. The van der Waals surface area contributed by atoms with Gasteiger partial charge in [-0.05, 0) is 13.3 Å². The highest BCUT2D eigenvalue weighted by molar-refractivity contribution is 8.14. The summed E-state index contributed by atoms with van der Waals surface area (Å²) in [5.41, 5.74) is 0. The van der Waals surface area contributed by atoms with Crippen LogP contribution in [-0.2, 0) is 9.53 Å². The van der Waals surface area contributed by atoms with Gasteiger partial charge in [0.05, 0.1) is 18.2 Å². The molecule has 0 radical (unpaired) electrons. The van der Waals surface area contributed by atoms with Crippen LogP contribution in [0.15, 0.2) is 4.99 Å². The van der Waals surface area contributed by atoms with Crippen molar-refractivity contribution in [3.63, 3.8) is 0 Å². The summed E-state index contributed by atoms with van der Waals surface area (Å²) < 4.78 is 4.54. The Kier molecular flexibility index (Phi) is 3.59. The smallest absolute Gasteiger partial charge is 0.305 e. The first kappa shape index (κ1) is 9.58. The van der Waals surface area contributed by atoms with Crippen molar-refractivity contribution < 1.29 is 9.53 Å². The first-order valence-electron chi connectivity index (χ1n) is 3.96. The van der Waals surface area contributed by atoms with Crippen LogP contribution in [-0.4, -0.2) is 29.9 Å². The average Bonchev–Trinajstić information content (AvgIpc) is 2.47. The molecule has 12 heavy (non-hydrogen) atoms. The van der Waals surface area contributed by atoms with Crippen LogP contribution in [0, 0.1) is 0 Å². The lowest BCUT2D eigenvalue weighted by molar-refractivity contribution is -0.140. The van der Waals surface area contributed by atoms with Gasteiger partial charge in [0.15, 0.2) is 0 Å². The van der Waals surface area contributed by atoms with Gasteiger partial charge in [0, 0.05) is 12.2 Å². The molecule has 0 aliphatic carbocycles. The molecule has 0 bridgehead atoms. The standard InChI is InChI=1S/C8H13NO2S/c1-6-9-7(5-12-6)3-4-8(10)11-2/h7H,3-5H2,1-2H3. The van der Waals surface area contributed by atoms with E-state index in [0.717, 1.165) is 17.2 Å². The highest BCUT2D eigenvalue weighted by Gasteiger charge is 2.16. The predicted molar refractivity (Wildman–Crippen MR) is 50.6 cm³/mol. The van der Waals surface area contributed by atoms with Crippen LogP contribution in [0.1, 0.15) is 19.8 Å². The minimum Gasteiger partial charge on any atom is -0.469 e. The first-order valence-corrected chi connectivity index (χ1v) is 4.95. The molecule has 0 saturated heterocycles. The quantitative estimate of drug-likeness (QED) is 0.628. The van der Waals surface area contributed by atoms with E-state index in [-0.39, 0.29) is 5.97 Å². The number of methoxy groups -OCH3 is 1. The number of hydrogen-bond acceptors (Lipinski definition) is 4. The highest BCUT2D eigenvalue weighted by Crippen LogP contribution is 2.20. The van der Waals surface area contributed by atoms with Crippen LogP contribution in [0.25, 0.3) is 0 Å². The van der Waals surface area contributed by atoms with E-state index in [2.05, 4.69) is 9.73 Å². The second kappa shape index (κ2) is 4.50. The van der Waals surface area contributed by atoms with Gasteiger partial charge in [0.2, 0.25) is 0 Å². The number of thioether (sulfide) groups is 1. The molecule has 0 N–H and O–H groups in total. The van der Waals surface area contributed by atoms with Gasteiger partial charge in [-0.15, -0.1) is 11.8 Å². The molecule has 0 spiro atoms. The Hall–Kier alpha value is -0.510. The van der Waals surface area contributed by atoms with Crippen molar-refractivity contribution in [1.82, 2.24) is 0 Å². The van der Waals surface area contributed by atoms with Gasteiger partial charge in [0.1, 0.15) is 0 Å². The number of ether oxygens (including phenoxy) is 1. The number of rotatable bonds is 3. The lowest BCUT2D eigenvalue weighted by atomic mass is 10.2. The molecule has 1 rings (SSSR count). The van der Waals surface area contributed by atoms with Gasteiger partial charge in [-0.2, -0.15) is 0 Å². The van der Waals surface area contributed by atoms with Gasteiger partial charge in [0.25, 0.3) is 0 Å². The normalized spacial score (nSPS) is 22.2. The fourth-order valence-electron chi connectivity index (χ4n) is 1.08. The van der Waals surface area contributed by atoms with Gasteiger partial charge in [-0.25, -0.2) is 0 Å². The summed E-state index contributed by atoms with van der Waals surface area (Å²) in [4.78, 5) is 15.1. The molecule has 68 valence electrons. The van der Waals surface area contributed by atoms with E-state index in [4.69, 9.17) is 0 Å². The van der Waals surface area contributed by atoms with Crippen LogP contribution in [0.3, 0.4) is 0 Å². The SMILES string of the molecule is COC(=O)CCC1CSC(C)=N1. The summed E-state index contributed by atoms with van der Waals surface area (Å²) in [5, 5.41) is 1.13. The van der Waals surface area contributed by atoms with Crippen molar-refractivity contribution in [3.05, 3.63) is 0 Å². The summed E-state index contributed by atoms with van der Waals surface area (Å²) >= 11 is 1.76. The van der Waals surface area contributed by atoms with E-state index < -0.39 is 0 Å². The Morgan fingerprint density at radius 1 is 1.83 bits per heavy atom. The number of nitrogens with zero attached hydrogens (tertiary/aromatic N) is 1. The number of carbonyl (C=O) groups is 1. The molecule has 1 unspecified atom stereocenters. The predicted octanol–water partition coefficient (Wildman–Crippen LogP) is 1.47. The zero-order valence-corrected chi connectivity index (χ0v) is 8.19. The molecule has 1 heterocycles. The summed E-state index contributed by atoms with van der Waals surface area (Å²) in [6, 6.07) is 0.328. The molecule has 0 saturated carbocycles. The molecule has 4 heteroatoms. The fourth-order valence-corrected chi connectivity index (χ4v) is 1.98. The molecule has 1 aliphatic rings. The van der Waals surface area contributed by atoms with E-state index in [1.807, 2.05) is 6.92 Å². The molecule has 0 amide bonds. The van der Waals surface area contributed by atoms with Crippen molar-refractivity contribution in [2.75, 3.05) is 12.9 Å². The van der Waals surface area contributed by atoms with E-state index in [1.165, 1.54) is 7.11 Å². The van der Waals surface area contributed by atoms with Crippen molar-refractivity contribution in [1.29, 1.82) is 0 Å². The van der Waals surface area contributed by atoms with Crippen molar-refractivity contribution >= 4 is 22.8 Å². The van der Waals surface area contributed by atoms with E-state index in [1.54, 1.807) is 11.8 Å². The van der Waals surface area contributed by atoms with Crippen LogP contribution in [0.5, 0.6) is 0 Å². The average molecular weight is 187 g/mol. The Morgan fingerprint density at radius 3 is 3.08 bits per heavy atom. The Bertz CT molecular complexity index is 203. The van der Waals surface area contributed by atoms with Gasteiger partial charge in [-0.3, -0.25) is 9.79 Å². The zero-order valence-electron chi connectivity index (χ0n) is 7.37. The molecule has 3 nitrogen and oxygen atoms in total. The lowest BCUT2D eigenvalue weighted by Gasteiger charge is -2.03. The fraction of sp³-hybridized carbons (Fsp3) is 0.750. The van der Waals surface area contributed by atoms with Crippen LogP contribution >= 0.6 is 11.8 Å². The molecular formula is C8H13NO2S. The van der Waals surface area contributed by atoms with Crippen molar-refractivity contribution in [2.45, 2.75) is 25.8 Å². The minimum absolute atomic E-state index is 0.139.